The molecule has 37 heavy (non-hydrogen) atoms. The van der Waals surface area contributed by atoms with E-state index in [1.807, 2.05) is 18.2 Å². The lowest BCUT2D eigenvalue weighted by molar-refractivity contribution is -0.116. The first-order chi connectivity index (χ1) is 18.2. The van der Waals surface area contributed by atoms with E-state index in [0.717, 1.165) is 44.7 Å². The largest absolute Gasteiger partial charge is 0.493 e. The van der Waals surface area contributed by atoms with Gasteiger partial charge in [0.05, 0.1) is 20.3 Å². The van der Waals surface area contributed by atoms with Crippen LogP contribution in [0.4, 0.5) is 0 Å². The van der Waals surface area contributed by atoms with E-state index in [9.17, 15) is 4.79 Å². The first-order valence-electron chi connectivity index (χ1n) is 12.9. The van der Waals surface area contributed by atoms with Crippen molar-refractivity contribution in [3.63, 3.8) is 0 Å². The molecule has 6 heteroatoms. The average molecular weight is 500 g/mol. The van der Waals surface area contributed by atoms with Crippen molar-refractivity contribution in [3.05, 3.63) is 102 Å². The molecule has 1 aliphatic heterocycles. The van der Waals surface area contributed by atoms with E-state index in [4.69, 9.17) is 9.47 Å². The summed E-state index contributed by atoms with van der Waals surface area (Å²) in [4.78, 5) is 17.3. The Morgan fingerprint density at radius 3 is 2.08 bits per heavy atom. The molecule has 1 aliphatic rings. The Morgan fingerprint density at radius 2 is 1.49 bits per heavy atom. The molecule has 0 spiro atoms. The van der Waals surface area contributed by atoms with Gasteiger partial charge in [0, 0.05) is 38.8 Å². The third-order valence-corrected chi connectivity index (χ3v) is 6.79. The van der Waals surface area contributed by atoms with Crippen molar-refractivity contribution in [1.82, 2.24) is 15.1 Å². The van der Waals surface area contributed by atoms with Gasteiger partial charge < -0.3 is 19.7 Å². The van der Waals surface area contributed by atoms with Crippen LogP contribution in [0.5, 0.6) is 11.5 Å². The van der Waals surface area contributed by atoms with E-state index in [1.165, 1.54) is 11.1 Å². The van der Waals surface area contributed by atoms with Crippen LogP contribution in [0.3, 0.4) is 0 Å². The fraction of sp³-hybridized carbons (Fsp3) is 0.323. The predicted octanol–water partition coefficient (Wildman–Crippen LogP) is 4.63. The second-order valence-electron chi connectivity index (χ2n) is 9.19. The highest BCUT2D eigenvalue weighted by Gasteiger charge is 2.26. The zero-order valence-corrected chi connectivity index (χ0v) is 21.8. The maximum Gasteiger partial charge on any atom is 0.243 e. The Kier molecular flexibility index (Phi) is 9.74. The standard InChI is InChI=1S/C31H37N3O3/c1-36-28-16-14-25(24-29(28)37-2)15-17-30(35)32-18-9-19-33-20-22-34(23-21-33)31(26-10-5-3-6-11-26)27-12-7-4-8-13-27/h3-8,10-17,24,31H,9,18-23H2,1-2H3,(H,32,35). The summed E-state index contributed by atoms with van der Waals surface area (Å²) in [5.74, 6) is 1.22. The molecule has 0 saturated carbocycles. The quantitative estimate of drug-likeness (QED) is 0.308. The van der Waals surface area contributed by atoms with Gasteiger partial charge in [-0.05, 0) is 47.9 Å². The third-order valence-electron chi connectivity index (χ3n) is 6.79. The normalized spacial score (nSPS) is 14.7. The second kappa shape index (κ2) is 13.6. The molecule has 0 atom stereocenters. The van der Waals surface area contributed by atoms with Crippen LogP contribution in [0.15, 0.2) is 84.9 Å². The van der Waals surface area contributed by atoms with Gasteiger partial charge in [-0.15, -0.1) is 0 Å². The maximum absolute atomic E-state index is 12.3. The van der Waals surface area contributed by atoms with E-state index >= 15 is 0 Å². The van der Waals surface area contributed by atoms with Gasteiger partial charge in [-0.3, -0.25) is 9.69 Å². The summed E-state index contributed by atoms with van der Waals surface area (Å²) in [5.41, 5.74) is 3.56. The minimum atomic E-state index is -0.0897. The molecule has 1 N–H and O–H groups in total. The Morgan fingerprint density at radius 1 is 0.865 bits per heavy atom. The third kappa shape index (κ3) is 7.44. The van der Waals surface area contributed by atoms with Crippen molar-refractivity contribution < 1.29 is 14.3 Å². The number of ether oxygens (including phenoxy) is 2. The van der Waals surface area contributed by atoms with Gasteiger partial charge in [0.25, 0.3) is 0 Å². The highest BCUT2D eigenvalue weighted by molar-refractivity contribution is 5.91. The van der Waals surface area contributed by atoms with Gasteiger partial charge in [0.2, 0.25) is 5.91 Å². The topological polar surface area (TPSA) is 54.0 Å². The van der Waals surface area contributed by atoms with Crippen LogP contribution in [-0.4, -0.2) is 69.2 Å². The highest BCUT2D eigenvalue weighted by Crippen LogP contribution is 2.30. The Bertz CT molecular complexity index is 1100. The lowest BCUT2D eigenvalue weighted by Gasteiger charge is -2.39. The summed E-state index contributed by atoms with van der Waals surface area (Å²) < 4.78 is 10.6. The molecule has 0 bridgehead atoms. The summed E-state index contributed by atoms with van der Waals surface area (Å²) in [6, 6.07) is 27.4. The molecule has 3 aromatic carbocycles. The zero-order valence-electron chi connectivity index (χ0n) is 21.8. The first kappa shape index (κ1) is 26.5. The van der Waals surface area contributed by atoms with Crippen molar-refractivity contribution >= 4 is 12.0 Å². The number of piperazine rings is 1. The first-order valence-corrected chi connectivity index (χ1v) is 12.9. The van der Waals surface area contributed by atoms with E-state index in [1.54, 1.807) is 26.4 Å². The number of rotatable bonds is 11. The molecule has 0 unspecified atom stereocenters. The van der Waals surface area contributed by atoms with Gasteiger partial charge >= 0.3 is 0 Å². The van der Waals surface area contributed by atoms with Crippen LogP contribution in [0.1, 0.15) is 29.2 Å². The van der Waals surface area contributed by atoms with Gasteiger partial charge in [0.1, 0.15) is 0 Å². The lowest BCUT2D eigenvalue weighted by Crippen LogP contribution is -2.48. The van der Waals surface area contributed by atoms with Crippen molar-refractivity contribution in [2.45, 2.75) is 12.5 Å². The SMILES string of the molecule is COc1ccc(C=CC(=O)NCCCN2CCN(C(c3ccccc3)c3ccccc3)CC2)cc1OC. The number of amides is 1. The van der Waals surface area contributed by atoms with Gasteiger partial charge in [-0.1, -0.05) is 66.7 Å². The van der Waals surface area contributed by atoms with Crippen molar-refractivity contribution in [2.24, 2.45) is 0 Å². The molecule has 0 aliphatic carbocycles. The molecule has 0 radical (unpaired) electrons. The van der Waals surface area contributed by atoms with Crippen molar-refractivity contribution in [1.29, 1.82) is 0 Å². The number of methoxy groups -OCH3 is 2. The predicted molar refractivity (Wildman–Crippen MR) is 149 cm³/mol. The monoisotopic (exact) mass is 499 g/mol. The number of nitrogens with zero attached hydrogens (tertiary/aromatic N) is 2. The van der Waals surface area contributed by atoms with Crippen LogP contribution >= 0.6 is 0 Å². The van der Waals surface area contributed by atoms with Gasteiger partial charge in [0.15, 0.2) is 11.5 Å². The highest BCUT2D eigenvalue weighted by atomic mass is 16.5. The number of benzene rings is 3. The number of hydrogen-bond acceptors (Lipinski definition) is 5. The fourth-order valence-electron chi connectivity index (χ4n) is 4.83. The molecule has 6 nitrogen and oxygen atoms in total. The number of hydrogen-bond donors (Lipinski definition) is 1. The molecule has 0 aromatic heterocycles. The van der Waals surface area contributed by atoms with E-state index in [-0.39, 0.29) is 11.9 Å². The summed E-state index contributed by atoms with van der Waals surface area (Å²) in [6.07, 6.45) is 4.27. The molecule has 1 saturated heterocycles. The van der Waals surface area contributed by atoms with E-state index in [0.29, 0.717) is 18.0 Å². The van der Waals surface area contributed by atoms with E-state index < -0.39 is 0 Å². The van der Waals surface area contributed by atoms with Gasteiger partial charge in [-0.25, -0.2) is 0 Å². The summed E-state index contributed by atoms with van der Waals surface area (Å²) >= 11 is 0. The van der Waals surface area contributed by atoms with Crippen molar-refractivity contribution in [2.75, 3.05) is 53.5 Å². The van der Waals surface area contributed by atoms with Crippen LogP contribution in [-0.2, 0) is 4.79 Å². The second-order valence-corrected chi connectivity index (χ2v) is 9.19. The molecule has 194 valence electrons. The summed E-state index contributed by atoms with van der Waals surface area (Å²) in [5, 5.41) is 2.99. The Hall–Kier alpha value is -3.61. The maximum atomic E-state index is 12.3. The fourth-order valence-corrected chi connectivity index (χ4v) is 4.83. The van der Waals surface area contributed by atoms with E-state index in [2.05, 4.69) is 75.8 Å². The van der Waals surface area contributed by atoms with Crippen molar-refractivity contribution in [3.8, 4) is 11.5 Å². The minimum Gasteiger partial charge on any atom is -0.493 e. The zero-order chi connectivity index (χ0) is 25.9. The summed E-state index contributed by atoms with van der Waals surface area (Å²) in [6.45, 7) is 5.75. The Labute approximate surface area is 220 Å². The van der Waals surface area contributed by atoms with Crippen LogP contribution in [0.25, 0.3) is 6.08 Å². The minimum absolute atomic E-state index is 0.0897. The van der Waals surface area contributed by atoms with Crippen LogP contribution in [0, 0.1) is 0 Å². The molecule has 1 amide bonds. The van der Waals surface area contributed by atoms with Crippen LogP contribution < -0.4 is 14.8 Å². The number of nitrogens with one attached hydrogen (secondary N) is 1. The number of carbonyl (C=O) groups excluding carboxylic acids is 1. The summed E-state index contributed by atoms with van der Waals surface area (Å²) in [7, 11) is 3.20. The lowest BCUT2D eigenvalue weighted by atomic mass is 9.96. The molecular formula is C31H37N3O3. The Balaban J connectivity index is 1.21. The molecule has 3 aromatic rings. The molecule has 4 rings (SSSR count). The average Bonchev–Trinajstić information content (AvgIpc) is 2.96. The molecular weight excluding hydrogens is 462 g/mol. The smallest absolute Gasteiger partial charge is 0.243 e. The molecule has 1 fully saturated rings. The number of carbonyl (C=O) groups is 1. The van der Waals surface area contributed by atoms with Crippen LogP contribution in [0.2, 0.25) is 0 Å². The van der Waals surface area contributed by atoms with Gasteiger partial charge in [-0.2, -0.15) is 0 Å². The molecule has 1 heterocycles.